The van der Waals surface area contributed by atoms with E-state index >= 15 is 0 Å². The van der Waals surface area contributed by atoms with E-state index in [1.165, 1.54) is 13.2 Å². The van der Waals surface area contributed by atoms with Gasteiger partial charge in [0.05, 0.1) is 19.2 Å². The molecule has 8 heteroatoms. The highest BCUT2D eigenvalue weighted by atomic mass is 16.5. The third kappa shape index (κ3) is 3.46. The van der Waals surface area contributed by atoms with E-state index in [9.17, 15) is 9.59 Å². The van der Waals surface area contributed by atoms with Crippen LogP contribution in [0, 0.1) is 0 Å². The summed E-state index contributed by atoms with van der Waals surface area (Å²) in [5, 5.41) is 8.55. The maximum absolute atomic E-state index is 13.0. The van der Waals surface area contributed by atoms with Gasteiger partial charge in [0.15, 0.2) is 0 Å². The maximum Gasteiger partial charge on any atom is 0.254 e. The zero-order valence-corrected chi connectivity index (χ0v) is 14.7. The van der Waals surface area contributed by atoms with Gasteiger partial charge in [-0.2, -0.15) is 0 Å². The second kappa shape index (κ2) is 7.06. The molecule has 1 saturated heterocycles. The van der Waals surface area contributed by atoms with Crippen molar-refractivity contribution >= 4 is 16.8 Å². The summed E-state index contributed by atoms with van der Waals surface area (Å²) in [7, 11) is 1.52. The number of ether oxygens (including phenoxy) is 2. The molecular weight excluding hydrogens is 348 g/mol. The van der Waals surface area contributed by atoms with Crippen LogP contribution in [-0.4, -0.2) is 52.3 Å². The SMILES string of the molecule is COc1ccc(OC2CCN(C(=O)c3cc(=O)[nH]c4ccccc34)C2)nn1. The van der Waals surface area contributed by atoms with Crippen LogP contribution in [0.4, 0.5) is 0 Å². The number of para-hydroxylation sites is 1. The number of pyridine rings is 1. The second-order valence-corrected chi connectivity index (χ2v) is 6.29. The number of hydrogen-bond donors (Lipinski definition) is 1. The predicted octanol–water partition coefficient (Wildman–Crippen LogP) is 1.62. The summed E-state index contributed by atoms with van der Waals surface area (Å²) in [6.07, 6.45) is 0.505. The zero-order chi connectivity index (χ0) is 18.8. The van der Waals surface area contributed by atoms with Crippen molar-refractivity contribution in [2.24, 2.45) is 0 Å². The number of aromatic nitrogens is 3. The first-order chi connectivity index (χ1) is 13.1. The van der Waals surface area contributed by atoms with Gasteiger partial charge in [0.25, 0.3) is 5.91 Å². The number of hydrogen-bond acceptors (Lipinski definition) is 6. The second-order valence-electron chi connectivity index (χ2n) is 6.29. The number of nitrogens with zero attached hydrogens (tertiary/aromatic N) is 3. The molecule has 3 aromatic rings. The monoisotopic (exact) mass is 366 g/mol. The number of methoxy groups -OCH3 is 1. The Balaban J connectivity index is 1.50. The maximum atomic E-state index is 13.0. The van der Waals surface area contributed by atoms with Gasteiger partial charge in [0.2, 0.25) is 17.3 Å². The van der Waals surface area contributed by atoms with Gasteiger partial charge >= 0.3 is 0 Å². The molecule has 1 aromatic carbocycles. The van der Waals surface area contributed by atoms with Crippen LogP contribution in [0.3, 0.4) is 0 Å². The number of likely N-dealkylation sites (tertiary alicyclic amines) is 1. The number of nitrogens with one attached hydrogen (secondary N) is 1. The van der Waals surface area contributed by atoms with Crippen LogP contribution >= 0.6 is 0 Å². The molecule has 138 valence electrons. The number of carbonyl (C=O) groups is 1. The summed E-state index contributed by atoms with van der Waals surface area (Å²) in [5.41, 5.74) is 0.755. The fourth-order valence-electron chi connectivity index (χ4n) is 3.21. The number of benzene rings is 1. The summed E-state index contributed by atoms with van der Waals surface area (Å²) < 4.78 is 10.8. The zero-order valence-electron chi connectivity index (χ0n) is 14.7. The molecule has 8 nitrogen and oxygen atoms in total. The fourth-order valence-corrected chi connectivity index (χ4v) is 3.21. The lowest BCUT2D eigenvalue weighted by Crippen LogP contribution is -2.32. The molecule has 4 rings (SSSR count). The fraction of sp³-hybridized carbons (Fsp3) is 0.263. The highest BCUT2D eigenvalue weighted by Crippen LogP contribution is 2.22. The standard InChI is InChI=1S/C19H18N4O4/c1-26-17-6-7-18(22-21-17)27-12-8-9-23(11-12)19(25)14-10-16(24)20-15-5-3-2-4-13(14)15/h2-7,10,12H,8-9,11H2,1H3,(H,20,24). The number of rotatable bonds is 4. The van der Waals surface area contributed by atoms with Crippen LogP contribution < -0.4 is 15.0 Å². The van der Waals surface area contributed by atoms with E-state index in [4.69, 9.17) is 9.47 Å². The normalized spacial score (nSPS) is 16.5. The first-order valence-corrected chi connectivity index (χ1v) is 8.60. The number of carbonyl (C=O) groups excluding carboxylic acids is 1. The predicted molar refractivity (Wildman–Crippen MR) is 98.1 cm³/mol. The van der Waals surface area contributed by atoms with Crippen molar-refractivity contribution in [3.63, 3.8) is 0 Å². The van der Waals surface area contributed by atoms with Crippen molar-refractivity contribution in [3.05, 3.63) is 58.4 Å². The minimum absolute atomic E-state index is 0.176. The van der Waals surface area contributed by atoms with Crippen LogP contribution in [0.25, 0.3) is 10.9 Å². The third-order valence-corrected chi connectivity index (χ3v) is 4.53. The van der Waals surface area contributed by atoms with Crippen LogP contribution in [0.15, 0.2) is 47.3 Å². The quantitative estimate of drug-likeness (QED) is 0.754. The van der Waals surface area contributed by atoms with Gasteiger partial charge in [0, 0.05) is 42.1 Å². The first kappa shape index (κ1) is 17.0. The van der Waals surface area contributed by atoms with Gasteiger partial charge < -0.3 is 19.4 Å². The number of H-pyrrole nitrogens is 1. The Kier molecular flexibility index (Phi) is 4.45. The molecule has 0 bridgehead atoms. The van der Waals surface area contributed by atoms with Gasteiger partial charge in [-0.05, 0) is 6.07 Å². The van der Waals surface area contributed by atoms with E-state index in [0.29, 0.717) is 42.4 Å². The smallest absolute Gasteiger partial charge is 0.254 e. The lowest BCUT2D eigenvalue weighted by Gasteiger charge is -2.17. The Morgan fingerprint density at radius 1 is 1.19 bits per heavy atom. The minimum atomic E-state index is -0.294. The number of aromatic amines is 1. The molecule has 27 heavy (non-hydrogen) atoms. The van der Waals surface area contributed by atoms with E-state index in [2.05, 4.69) is 15.2 Å². The van der Waals surface area contributed by atoms with E-state index < -0.39 is 0 Å². The van der Waals surface area contributed by atoms with Crippen LogP contribution in [-0.2, 0) is 0 Å². The Labute approximate surface area is 154 Å². The van der Waals surface area contributed by atoms with Crippen molar-refractivity contribution in [1.82, 2.24) is 20.1 Å². The molecule has 1 aliphatic rings. The molecule has 0 aliphatic carbocycles. The van der Waals surface area contributed by atoms with Crippen molar-refractivity contribution in [1.29, 1.82) is 0 Å². The van der Waals surface area contributed by atoms with Gasteiger partial charge in [-0.3, -0.25) is 9.59 Å². The van der Waals surface area contributed by atoms with Gasteiger partial charge in [-0.15, -0.1) is 10.2 Å². The van der Waals surface area contributed by atoms with Crippen molar-refractivity contribution in [2.75, 3.05) is 20.2 Å². The molecule has 3 heterocycles. The molecule has 1 aliphatic heterocycles. The Morgan fingerprint density at radius 2 is 1.96 bits per heavy atom. The highest BCUT2D eigenvalue weighted by Gasteiger charge is 2.29. The lowest BCUT2D eigenvalue weighted by molar-refractivity contribution is 0.0772. The lowest BCUT2D eigenvalue weighted by atomic mass is 10.1. The molecule has 2 aromatic heterocycles. The largest absolute Gasteiger partial charge is 0.480 e. The Bertz CT molecular complexity index is 1030. The Morgan fingerprint density at radius 3 is 2.74 bits per heavy atom. The molecular formula is C19H18N4O4. The molecule has 0 saturated carbocycles. The van der Waals surface area contributed by atoms with E-state index in [-0.39, 0.29) is 17.6 Å². The summed E-state index contributed by atoms with van der Waals surface area (Å²) in [6, 6.07) is 12.0. The third-order valence-electron chi connectivity index (χ3n) is 4.53. The topological polar surface area (TPSA) is 97.4 Å². The average Bonchev–Trinajstić information content (AvgIpc) is 3.16. The number of amides is 1. The molecule has 1 atom stereocenters. The summed E-state index contributed by atoms with van der Waals surface area (Å²) >= 11 is 0. The first-order valence-electron chi connectivity index (χ1n) is 8.60. The molecule has 0 spiro atoms. The average molecular weight is 366 g/mol. The summed E-state index contributed by atoms with van der Waals surface area (Å²) in [4.78, 5) is 29.3. The van der Waals surface area contributed by atoms with E-state index in [1.807, 2.05) is 18.2 Å². The van der Waals surface area contributed by atoms with E-state index in [0.717, 1.165) is 5.39 Å². The molecule has 1 N–H and O–H groups in total. The highest BCUT2D eigenvalue weighted by molar-refractivity contribution is 6.06. The molecule has 1 unspecified atom stereocenters. The van der Waals surface area contributed by atoms with Gasteiger partial charge in [-0.1, -0.05) is 18.2 Å². The summed E-state index contributed by atoms with van der Waals surface area (Å²) in [5.74, 6) is 0.618. The van der Waals surface area contributed by atoms with E-state index in [1.54, 1.807) is 23.1 Å². The molecule has 1 fully saturated rings. The van der Waals surface area contributed by atoms with Crippen molar-refractivity contribution in [2.45, 2.75) is 12.5 Å². The van der Waals surface area contributed by atoms with Crippen molar-refractivity contribution in [3.8, 4) is 11.8 Å². The Hall–Kier alpha value is -3.42. The minimum Gasteiger partial charge on any atom is -0.480 e. The molecule has 1 amide bonds. The van der Waals surface area contributed by atoms with Crippen molar-refractivity contribution < 1.29 is 14.3 Å². The van der Waals surface area contributed by atoms with Gasteiger partial charge in [0.1, 0.15) is 6.10 Å². The van der Waals surface area contributed by atoms with Crippen LogP contribution in [0.1, 0.15) is 16.8 Å². The van der Waals surface area contributed by atoms with Crippen LogP contribution in [0.2, 0.25) is 0 Å². The number of fused-ring (bicyclic) bond motifs is 1. The van der Waals surface area contributed by atoms with Crippen LogP contribution in [0.5, 0.6) is 11.8 Å². The summed E-state index contributed by atoms with van der Waals surface area (Å²) in [6.45, 7) is 0.974. The van der Waals surface area contributed by atoms with Gasteiger partial charge in [-0.25, -0.2) is 0 Å². The molecule has 0 radical (unpaired) electrons.